The van der Waals surface area contributed by atoms with Gasteiger partial charge in [0.1, 0.15) is 18.1 Å². The number of nitrogens with two attached hydrogens (primary N) is 2. The summed E-state index contributed by atoms with van der Waals surface area (Å²) >= 11 is 0. The highest BCUT2D eigenvalue weighted by Crippen LogP contribution is 2.19. The standard InChI is InChI=1S/C20H35N5O7/c1-11(2)16(18(29)23-13(20(31)32)6-3-4-8-21)24-17(28)14-7-5-9-25(14)19(30)12(22)10-15(26)27/h11-14,16H,3-10,21-22H2,1-2H3,(H,23,29)(H,24,28)(H,26,27)(H,31,32). The first-order chi connectivity index (χ1) is 15.0. The van der Waals surface area contributed by atoms with E-state index in [4.69, 9.17) is 16.6 Å². The number of unbranched alkanes of at least 4 members (excludes halogenated alkanes) is 1. The Labute approximate surface area is 187 Å². The zero-order valence-corrected chi connectivity index (χ0v) is 18.6. The van der Waals surface area contributed by atoms with Crippen molar-refractivity contribution in [1.82, 2.24) is 15.5 Å². The number of carboxylic acid groups (broad SMARTS) is 2. The third-order valence-electron chi connectivity index (χ3n) is 5.36. The van der Waals surface area contributed by atoms with Crippen LogP contribution in [-0.2, 0) is 24.0 Å². The fourth-order valence-corrected chi connectivity index (χ4v) is 3.59. The van der Waals surface area contributed by atoms with Crippen LogP contribution in [0.25, 0.3) is 0 Å². The third kappa shape index (κ3) is 8.08. The van der Waals surface area contributed by atoms with Gasteiger partial charge in [-0.2, -0.15) is 0 Å². The number of nitrogens with zero attached hydrogens (tertiary/aromatic N) is 1. The van der Waals surface area contributed by atoms with Crippen LogP contribution in [0, 0.1) is 5.92 Å². The second-order valence-corrected chi connectivity index (χ2v) is 8.31. The van der Waals surface area contributed by atoms with Gasteiger partial charge in [-0.25, -0.2) is 4.79 Å². The number of hydrogen-bond donors (Lipinski definition) is 6. The Kier molecular flexibility index (Phi) is 11.1. The van der Waals surface area contributed by atoms with E-state index in [9.17, 15) is 29.1 Å². The molecule has 1 rings (SSSR count). The van der Waals surface area contributed by atoms with Gasteiger partial charge in [-0.15, -0.1) is 0 Å². The summed E-state index contributed by atoms with van der Waals surface area (Å²) < 4.78 is 0. The van der Waals surface area contributed by atoms with Gasteiger partial charge in [0, 0.05) is 6.54 Å². The molecule has 1 aliphatic heterocycles. The minimum atomic E-state index is -1.27. The van der Waals surface area contributed by atoms with Crippen molar-refractivity contribution in [2.24, 2.45) is 17.4 Å². The molecular weight excluding hydrogens is 422 g/mol. The van der Waals surface area contributed by atoms with Gasteiger partial charge in [0.25, 0.3) is 0 Å². The molecule has 12 nitrogen and oxygen atoms in total. The SMILES string of the molecule is CC(C)C(NC(=O)C1CCCN1C(=O)C(N)CC(=O)O)C(=O)NC(CCCCN)C(=O)O. The molecular formula is C20H35N5O7. The van der Waals surface area contributed by atoms with Gasteiger partial charge in [0.2, 0.25) is 17.7 Å². The Morgan fingerprint density at radius 3 is 2.28 bits per heavy atom. The number of carbonyl (C=O) groups excluding carboxylic acids is 3. The molecule has 182 valence electrons. The molecule has 12 heteroatoms. The Morgan fingerprint density at radius 2 is 1.75 bits per heavy atom. The summed E-state index contributed by atoms with van der Waals surface area (Å²) in [6.07, 6.45) is 1.69. The van der Waals surface area contributed by atoms with Crippen LogP contribution in [0.15, 0.2) is 0 Å². The summed E-state index contributed by atoms with van der Waals surface area (Å²) in [6.45, 7) is 4.08. The van der Waals surface area contributed by atoms with Crippen molar-refractivity contribution in [3.05, 3.63) is 0 Å². The van der Waals surface area contributed by atoms with Gasteiger partial charge in [0.15, 0.2) is 0 Å². The summed E-state index contributed by atoms with van der Waals surface area (Å²) in [5, 5.41) is 23.3. The zero-order valence-electron chi connectivity index (χ0n) is 18.6. The maximum absolute atomic E-state index is 12.9. The maximum atomic E-state index is 12.9. The second kappa shape index (κ2) is 13.0. The molecule has 0 aromatic heterocycles. The highest BCUT2D eigenvalue weighted by Gasteiger charge is 2.38. The van der Waals surface area contributed by atoms with Crippen LogP contribution in [0.3, 0.4) is 0 Å². The van der Waals surface area contributed by atoms with Crippen molar-refractivity contribution in [3.8, 4) is 0 Å². The van der Waals surface area contributed by atoms with Crippen molar-refractivity contribution in [1.29, 1.82) is 0 Å². The number of hydrogen-bond acceptors (Lipinski definition) is 7. The lowest BCUT2D eigenvalue weighted by Gasteiger charge is -2.29. The van der Waals surface area contributed by atoms with E-state index in [1.807, 2.05) is 0 Å². The lowest BCUT2D eigenvalue weighted by atomic mass is 10.0. The topological polar surface area (TPSA) is 205 Å². The normalized spacial score (nSPS) is 18.7. The molecule has 0 aromatic carbocycles. The minimum absolute atomic E-state index is 0.212. The smallest absolute Gasteiger partial charge is 0.326 e. The summed E-state index contributed by atoms with van der Waals surface area (Å²) in [6, 6.07) is -4.26. The summed E-state index contributed by atoms with van der Waals surface area (Å²) in [5.41, 5.74) is 11.1. The number of carboxylic acids is 2. The molecule has 0 radical (unpaired) electrons. The van der Waals surface area contributed by atoms with E-state index in [2.05, 4.69) is 10.6 Å². The summed E-state index contributed by atoms with van der Waals surface area (Å²) in [5.74, 6) is -4.58. The molecule has 1 saturated heterocycles. The van der Waals surface area contributed by atoms with Crippen LogP contribution in [0.1, 0.15) is 52.4 Å². The van der Waals surface area contributed by atoms with Crippen LogP contribution < -0.4 is 22.1 Å². The molecule has 8 N–H and O–H groups in total. The molecule has 4 unspecified atom stereocenters. The van der Waals surface area contributed by atoms with Crippen LogP contribution in [0.5, 0.6) is 0 Å². The molecule has 0 aromatic rings. The molecule has 0 spiro atoms. The van der Waals surface area contributed by atoms with Gasteiger partial charge >= 0.3 is 11.9 Å². The quantitative estimate of drug-likeness (QED) is 0.180. The summed E-state index contributed by atoms with van der Waals surface area (Å²) in [4.78, 5) is 61.7. The van der Waals surface area contributed by atoms with E-state index in [0.717, 1.165) is 0 Å². The van der Waals surface area contributed by atoms with Gasteiger partial charge in [-0.3, -0.25) is 19.2 Å². The molecule has 1 fully saturated rings. The van der Waals surface area contributed by atoms with Crippen LogP contribution in [0.2, 0.25) is 0 Å². The Hall–Kier alpha value is -2.73. The molecule has 0 saturated carbocycles. The van der Waals surface area contributed by atoms with Crippen LogP contribution in [-0.4, -0.2) is 82.0 Å². The zero-order chi connectivity index (χ0) is 24.4. The highest BCUT2D eigenvalue weighted by molar-refractivity contribution is 5.95. The van der Waals surface area contributed by atoms with Gasteiger partial charge in [-0.05, 0) is 44.6 Å². The average Bonchev–Trinajstić information content (AvgIpc) is 3.19. The first-order valence-corrected chi connectivity index (χ1v) is 10.8. The van der Waals surface area contributed by atoms with Crippen molar-refractivity contribution in [3.63, 3.8) is 0 Å². The number of rotatable bonds is 13. The molecule has 4 atom stereocenters. The number of aliphatic carboxylic acids is 2. The lowest BCUT2D eigenvalue weighted by molar-refractivity contribution is -0.144. The van der Waals surface area contributed by atoms with Crippen molar-refractivity contribution in [2.45, 2.75) is 76.5 Å². The van der Waals surface area contributed by atoms with E-state index in [0.29, 0.717) is 32.2 Å². The van der Waals surface area contributed by atoms with Crippen molar-refractivity contribution < 1.29 is 34.2 Å². The summed E-state index contributed by atoms with van der Waals surface area (Å²) in [7, 11) is 0. The van der Waals surface area contributed by atoms with Crippen molar-refractivity contribution in [2.75, 3.05) is 13.1 Å². The van der Waals surface area contributed by atoms with Gasteiger partial charge in [0.05, 0.1) is 12.5 Å². The average molecular weight is 458 g/mol. The number of carbonyl (C=O) groups is 5. The molecule has 1 heterocycles. The maximum Gasteiger partial charge on any atom is 0.326 e. The van der Waals surface area contributed by atoms with E-state index < -0.39 is 60.2 Å². The first kappa shape index (κ1) is 27.3. The Balaban J connectivity index is 2.84. The van der Waals surface area contributed by atoms with E-state index in [1.54, 1.807) is 13.8 Å². The molecule has 32 heavy (non-hydrogen) atoms. The first-order valence-electron chi connectivity index (χ1n) is 10.8. The largest absolute Gasteiger partial charge is 0.481 e. The number of amides is 3. The van der Waals surface area contributed by atoms with Gasteiger partial charge in [-0.1, -0.05) is 13.8 Å². The second-order valence-electron chi connectivity index (χ2n) is 8.31. The Bertz CT molecular complexity index is 700. The lowest BCUT2D eigenvalue weighted by Crippen LogP contribution is -2.58. The fraction of sp³-hybridized carbons (Fsp3) is 0.750. The van der Waals surface area contributed by atoms with Crippen LogP contribution in [0.4, 0.5) is 0 Å². The predicted octanol–water partition coefficient (Wildman–Crippen LogP) is -1.38. The number of nitrogens with one attached hydrogen (secondary N) is 2. The highest BCUT2D eigenvalue weighted by atomic mass is 16.4. The monoisotopic (exact) mass is 457 g/mol. The van der Waals surface area contributed by atoms with Crippen molar-refractivity contribution >= 4 is 29.7 Å². The van der Waals surface area contributed by atoms with E-state index in [1.165, 1.54) is 4.90 Å². The molecule has 0 aliphatic carbocycles. The molecule has 3 amide bonds. The Morgan fingerprint density at radius 1 is 1.09 bits per heavy atom. The van der Waals surface area contributed by atoms with E-state index >= 15 is 0 Å². The minimum Gasteiger partial charge on any atom is -0.481 e. The van der Waals surface area contributed by atoms with E-state index in [-0.39, 0.29) is 18.9 Å². The van der Waals surface area contributed by atoms with Gasteiger partial charge < -0.3 is 37.2 Å². The molecule has 1 aliphatic rings. The number of likely N-dealkylation sites (tertiary alicyclic amines) is 1. The third-order valence-corrected chi connectivity index (χ3v) is 5.36. The fourth-order valence-electron chi connectivity index (χ4n) is 3.59. The molecule has 0 bridgehead atoms. The predicted molar refractivity (Wildman–Crippen MR) is 114 cm³/mol. The van der Waals surface area contributed by atoms with Crippen LogP contribution >= 0.6 is 0 Å².